The summed E-state index contributed by atoms with van der Waals surface area (Å²) in [4.78, 5) is 24.4. The lowest BCUT2D eigenvalue weighted by atomic mass is 10.1. The first kappa shape index (κ1) is 54.6. The van der Waals surface area contributed by atoms with E-state index in [1.807, 2.05) is 12.2 Å². The quantitative estimate of drug-likeness (QED) is 0.0379. The number of carbonyl (C=O) groups excluding carboxylic acids is 2. The van der Waals surface area contributed by atoms with E-state index < -0.39 is 12.1 Å². The summed E-state index contributed by atoms with van der Waals surface area (Å²) >= 11 is 0. The standard InChI is InChI=1S/C53H86O5/c1-3-5-7-9-11-13-15-17-19-21-23-24-25-26-27-28-30-31-33-35-37-39-41-43-45-47-52(55)57-50-51(49-54)58-53(56)48-46-44-42-40-38-36-34-32-29-22-20-18-16-14-12-10-8-6-4-2/h6,8,12,14-15,17-18,20-21,23,25-26,29,32,36,38,42,44,51,54H,3-5,7,9-11,13,16,19,22,24,27-28,30-31,33-35,37,39-41,43,45-50H2,1-2H3/b8-6-,14-12-,17-15-,20-18-,23-21-,26-25-,32-29-,38-36-,44-42-. The Balaban J connectivity index is 3.66. The second-order valence-corrected chi connectivity index (χ2v) is 15.1. The fourth-order valence-electron chi connectivity index (χ4n) is 6.06. The number of hydrogen-bond donors (Lipinski definition) is 1. The van der Waals surface area contributed by atoms with E-state index in [4.69, 9.17) is 9.47 Å². The molecule has 0 aliphatic carbocycles. The summed E-state index contributed by atoms with van der Waals surface area (Å²) in [6, 6.07) is 0. The number of aliphatic hydroxyl groups excluding tert-OH is 1. The van der Waals surface area contributed by atoms with Crippen LogP contribution in [0.25, 0.3) is 0 Å². The van der Waals surface area contributed by atoms with Gasteiger partial charge in [0.25, 0.3) is 0 Å². The predicted octanol–water partition coefficient (Wildman–Crippen LogP) is 15.4. The van der Waals surface area contributed by atoms with Gasteiger partial charge in [0, 0.05) is 12.8 Å². The summed E-state index contributed by atoms with van der Waals surface area (Å²) in [5.74, 6) is -0.700. The first-order chi connectivity index (χ1) is 28.6. The van der Waals surface area contributed by atoms with Crippen molar-refractivity contribution in [2.75, 3.05) is 13.2 Å². The lowest BCUT2D eigenvalue weighted by Gasteiger charge is -2.15. The van der Waals surface area contributed by atoms with Crippen LogP contribution < -0.4 is 0 Å². The average Bonchev–Trinajstić information content (AvgIpc) is 3.23. The summed E-state index contributed by atoms with van der Waals surface area (Å²) in [6.07, 6.45) is 68.9. The number of hydrogen-bond acceptors (Lipinski definition) is 5. The van der Waals surface area contributed by atoms with E-state index in [0.717, 1.165) is 70.6 Å². The molecule has 1 N–H and O–H groups in total. The van der Waals surface area contributed by atoms with Gasteiger partial charge >= 0.3 is 11.9 Å². The first-order valence-corrected chi connectivity index (χ1v) is 23.4. The van der Waals surface area contributed by atoms with Gasteiger partial charge in [0.1, 0.15) is 6.61 Å². The molecule has 0 saturated heterocycles. The van der Waals surface area contributed by atoms with Crippen LogP contribution in [0.4, 0.5) is 0 Å². The Bertz CT molecular complexity index is 1180. The molecular weight excluding hydrogens is 717 g/mol. The Hall–Kier alpha value is -3.44. The molecule has 1 unspecified atom stereocenters. The van der Waals surface area contributed by atoms with E-state index in [2.05, 4.69) is 111 Å². The Kier molecular flexibility index (Phi) is 45.1. The molecule has 0 amide bonds. The summed E-state index contributed by atoms with van der Waals surface area (Å²) in [7, 11) is 0. The number of aliphatic hydroxyl groups is 1. The Morgan fingerprint density at radius 2 is 0.776 bits per heavy atom. The Morgan fingerprint density at radius 1 is 0.414 bits per heavy atom. The third kappa shape index (κ3) is 45.3. The second kappa shape index (κ2) is 47.9. The number of carbonyl (C=O) groups is 2. The van der Waals surface area contributed by atoms with Crippen LogP contribution in [0, 0.1) is 0 Å². The number of ether oxygens (including phenoxy) is 2. The van der Waals surface area contributed by atoms with E-state index in [9.17, 15) is 14.7 Å². The minimum atomic E-state index is -0.822. The van der Waals surface area contributed by atoms with Crippen molar-refractivity contribution in [1.29, 1.82) is 0 Å². The van der Waals surface area contributed by atoms with Gasteiger partial charge in [-0.2, -0.15) is 0 Å². The Morgan fingerprint density at radius 3 is 1.19 bits per heavy atom. The van der Waals surface area contributed by atoms with Crippen molar-refractivity contribution < 1.29 is 24.2 Å². The number of allylic oxidation sites excluding steroid dienone is 18. The molecule has 5 nitrogen and oxygen atoms in total. The zero-order valence-corrected chi connectivity index (χ0v) is 37.3. The molecule has 0 spiro atoms. The highest BCUT2D eigenvalue weighted by molar-refractivity contribution is 5.70. The van der Waals surface area contributed by atoms with Crippen molar-refractivity contribution in [3.8, 4) is 0 Å². The van der Waals surface area contributed by atoms with Gasteiger partial charge in [-0.3, -0.25) is 9.59 Å². The van der Waals surface area contributed by atoms with E-state index in [1.165, 1.54) is 89.9 Å². The van der Waals surface area contributed by atoms with E-state index in [1.54, 1.807) is 0 Å². The minimum Gasteiger partial charge on any atom is -0.462 e. The van der Waals surface area contributed by atoms with Crippen LogP contribution in [0.2, 0.25) is 0 Å². The maximum atomic E-state index is 12.2. The molecule has 0 rings (SSSR count). The second-order valence-electron chi connectivity index (χ2n) is 15.1. The van der Waals surface area contributed by atoms with Crippen molar-refractivity contribution in [2.24, 2.45) is 0 Å². The SMILES string of the molecule is CC/C=C\C/C=C\C/C=C\C/C=C\C/C=C\C/C=C\CCC(=O)OC(CO)COC(=O)CCCCCCCCCCCC/C=C\C/C=C\C/C=C\CCCCCCC. The van der Waals surface area contributed by atoms with Gasteiger partial charge in [-0.25, -0.2) is 0 Å². The minimum absolute atomic E-state index is 0.105. The molecule has 0 radical (unpaired) electrons. The largest absolute Gasteiger partial charge is 0.462 e. The lowest BCUT2D eigenvalue weighted by Crippen LogP contribution is -2.28. The van der Waals surface area contributed by atoms with Crippen molar-refractivity contribution in [2.45, 2.75) is 200 Å². The normalized spacial score (nSPS) is 13.2. The highest BCUT2D eigenvalue weighted by Crippen LogP contribution is 2.13. The molecule has 0 bridgehead atoms. The Labute approximate surface area is 357 Å². The number of esters is 2. The smallest absolute Gasteiger partial charge is 0.306 e. The van der Waals surface area contributed by atoms with Gasteiger partial charge in [-0.1, -0.05) is 200 Å². The molecule has 0 aromatic heterocycles. The molecule has 58 heavy (non-hydrogen) atoms. The van der Waals surface area contributed by atoms with E-state index >= 15 is 0 Å². The summed E-state index contributed by atoms with van der Waals surface area (Å²) in [5, 5.41) is 9.59. The molecule has 0 aromatic carbocycles. The topological polar surface area (TPSA) is 72.8 Å². The van der Waals surface area contributed by atoms with Crippen molar-refractivity contribution in [3.05, 3.63) is 109 Å². The highest BCUT2D eigenvalue weighted by atomic mass is 16.6. The zero-order valence-electron chi connectivity index (χ0n) is 37.3. The van der Waals surface area contributed by atoms with E-state index in [0.29, 0.717) is 12.8 Å². The van der Waals surface area contributed by atoms with Crippen LogP contribution in [0.15, 0.2) is 109 Å². The third-order valence-corrected chi connectivity index (χ3v) is 9.56. The van der Waals surface area contributed by atoms with Gasteiger partial charge in [-0.15, -0.1) is 0 Å². The summed E-state index contributed by atoms with van der Waals surface area (Å²) in [6.45, 7) is 3.94. The zero-order chi connectivity index (χ0) is 42.1. The van der Waals surface area contributed by atoms with Gasteiger partial charge in [0.05, 0.1) is 6.61 Å². The third-order valence-electron chi connectivity index (χ3n) is 9.56. The molecule has 0 aliphatic rings. The molecule has 328 valence electrons. The van der Waals surface area contributed by atoms with Gasteiger partial charge in [-0.05, 0) is 89.9 Å². The molecule has 5 heteroatoms. The summed E-state index contributed by atoms with van der Waals surface area (Å²) in [5.41, 5.74) is 0. The van der Waals surface area contributed by atoms with Crippen molar-refractivity contribution >= 4 is 11.9 Å². The van der Waals surface area contributed by atoms with Crippen LogP contribution in [0.3, 0.4) is 0 Å². The maximum absolute atomic E-state index is 12.2. The van der Waals surface area contributed by atoms with Crippen LogP contribution in [-0.2, 0) is 19.1 Å². The van der Waals surface area contributed by atoms with Crippen molar-refractivity contribution in [3.63, 3.8) is 0 Å². The number of unbranched alkanes of at least 4 members (excludes halogenated alkanes) is 15. The van der Waals surface area contributed by atoms with Crippen molar-refractivity contribution in [1.82, 2.24) is 0 Å². The molecule has 0 fully saturated rings. The van der Waals surface area contributed by atoms with Gasteiger partial charge in [0.2, 0.25) is 0 Å². The lowest BCUT2D eigenvalue weighted by molar-refractivity contribution is -0.161. The average molecular weight is 803 g/mol. The van der Waals surface area contributed by atoms with E-state index in [-0.39, 0.29) is 25.6 Å². The number of rotatable bonds is 41. The van der Waals surface area contributed by atoms with Crippen LogP contribution >= 0.6 is 0 Å². The van der Waals surface area contributed by atoms with Gasteiger partial charge in [0.15, 0.2) is 6.10 Å². The molecule has 0 heterocycles. The van der Waals surface area contributed by atoms with Crippen LogP contribution in [0.1, 0.15) is 194 Å². The van der Waals surface area contributed by atoms with Gasteiger partial charge < -0.3 is 14.6 Å². The molecule has 1 atom stereocenters. The fourth-order valence-corrected chi connectivity index (χ4v) is 6.06. The molecule has 0 aromatic rings. The maximum Gasteiger partial charge on any atom is 0.306 e. The highest BCUT2D eigenvalue weighted by Gasteiger charge is 2.15. The fraction of sp³-hybridized carbons (Fsp3) is 0.623. The first-order valence-electron chi connectivity index (χ1n) is 23.4. The summed E-state index contributed by atoms with van der Waals surface area (Å²) < 4.78 is 10.6. The monoisotopic (exact) mass is 803 g/mol. The molecular formula is C53H86O5. The molecule has 0 saturated carbocycles. The van der Waals surface area contributed by atoms with Crippen LogP contribution in [0.5, 0.6) is 0 Å². The van der Waals surface area contributed by atoms with Crippen LogP contribution in [-0.4, -0.2) is 36.4 Å². The predicted molar refractivity (Wildman–Crippen MR) is 251 cm³/mol. The molecule has 0 aliphatic heterocycles.